The Hall–Kier alpha value is -1.73. The van der Waals surface area contributed by atoms with Crippen LogP contribution >= 0.6 is 15.9 Å². The molecule has 3 rings (SSSR count). The van der Waals surface area contributed by atoms with Crippen LogP contribution in [0.25, 0.3) is 0 Å². The van der Waals surface area contributed by atoms with Gasteiger partial charge in [-0.2, -0.15) is 0 Å². The van der Waals surface area contributed by atoms with Crippen LogP contribution in [0.2, 0.25) is 0 Å². The van der Waals surface area contributed by atoms with Crippen LogP contribution in [-0.2, 0) is 6.54 Å². The molecule has 5 nitrogen and oxygen atoms in total. The number of aromatic nitrogens is 2. The number of hydrogen-bond acceptors (Lipinski definition) is 5. The molecule has 1 atom stereocenters. The third-order valence-corrected chi connectivity index (χ3v) is 5.22. The van der Waals surface area contributed by atoms with E-state index in [4.69, 9.17) is 4.74 Å². The normalized spacial score (nSPS) is 18.2. The Morgan fingerprint density at radius 3 is 2.96 bits per heavy atom. The summed E-state index contributed by atoms with van der Waals surface area (Å²) in [6.45, 7) is 2.81. The van der Waals surface area contributed by atoms with E-state index >= 15 is 0 Å². The Labute approximate surface area is 156 Å². The van der Waals surface area contributed by atoms with Gasteiger partial charge in [0.1, 0.15) is 18.0 Å². The van der Waals surface area contributed by atoms with Crippen molar-refractivity contribution in [1.82, 2.24) is 14.9 Å². The molecule has 134 valence electrons. The van der Waals surface area contributed by atoms with Gasteiger partial charge in [-0.05, 0) is 53.0 Å². The maximum absolute atomic E-state index is 13.4. The maximum atomic E-state index is 13.4. The summed E-state index contributed by atoms with van der Waals surface area (Å²) < 4.78 is 19.1. The first-order chi connectivity index (χ1) is 12.1. The first-order valence-corrected chi connectivity index (χ1v) is 9.11. The lowest BCUT2D eigenvalue weighted by atomic mass is 10.0. The Balaban J connectivity index is 1.66. The second kappa shape index (κ2) is 8.10. The third kappa shape index (κ3) is 4.46. The summed E-state index contributed by atoms with van der Waals surface area (Å²) in [4.78, 5) is 13.0. The van der Waals surface area contributed by atoms with Crippen molar-refractivity contribution in [2.45, 2.75) is 25.4 Å². The number of likely N-dealkylation sites (N-methyl/N-ethyl adjacent to an activating group) is 1. The topological polar surface area (TPSA) is 41.5 Å². The van der Waals surface area contributed by atoms with Gasteiger partial charge in [-0.15, -0.1) is 0 Å². The number of likely N-dealkylation sites (tertiary alicyclic amines) is 1. The first-order valence-electron chi connectivity index (χ1n) is 8.32. The highest BCUT2D eigenvalue weighted by Crippen LogP contribution is 2.24. The zero-order chi connectivity index (χ0) is 17.8. The summed E-state index contributed by atoms with van der Waals surface area (Å²) in [5.74, 6) is 1.21. The maximum Gasteiger partial charge on any atom is 0.218 e. The summed E-state index contributed by atoms with van der Waals surface area (Å²) in [6, 6.07) is 7.45. The highest BCUT2D eigenvalue weighted by molar-refractivity contribution is 9.10. The van der Waals surface area contributed by atoms with Gasteiger partial charge in [-0.25, -0.2) is 14.4 Å². The number of nitrogens with zero attached hydrogens (tertiary/aromatic N) is 4. The van der Waals surface area contributed by atoms with E-state index in [0.29, 0.717) is 16.4 Å². The Kier molecular flexibility index (Phi) is 5.86. The molecule has 7 heteroatoms. The van der Waals surface area contributed by atoms with Crippen LogP contribution in [0.15, 0.2) is 35.1 Å². The highest BCUT2D eigenvalue weighted by atomic mass is 79.9. The summed E-state index contributed by atoms with van der Waals surface area (Å²) >= 11 is 3.26. The van der Waals surface area contributed by atoms with Gasteiger partial charge < -0.3 is 9.64 Å². The number of hydrogen-bond donors (Lipinski definition) is 0. The summed E-state index contributed by atoms with van der Waals surface area (Å²) in [7, 11) is 3.67. The molecule has 0 aliphatic carbocycles. The van der Waals surface area contributed by atoms with Crippen LogP contribution in [0, 0.1) is 5.82 Å². The Morgan fingerprint density at radius 1 is 1.36 bits per heavy atom. The number of halogens is 2. The molecule has 1 aromatic carbocycles. The average Bonchev–Trinajstić information content (AvgIpc) is 2.64. The first kappa shape index (κ1) is 18.1. The quantitative estimate of drug-likeness (QED) is 0.757. The van der Waals surface area contributed by atoms with Crippen molar-refractivity contribution in [3.63, 3.8) is 0 Å². The fourth-order valence-electron chi connectivity index (χ4n) is 3.21. The number of methoxy groups -OCH3 is 1. The molecular formula is C18H22BrFN4O. The fraction of sp³-hybridized carbons (Fsp3) is 0.444. The van der Waals surface area contributed by atoms with Gasteiger partial charge in [0.2, 0.25) is 5.88 Å². The molecule has 25 heavy (non-hydrogen) atoms. The Bertz CT molecular complexity index is 730. The molecule has 2 heterocycles. The van der Waals surface area contributed by atoms with E-state index in [1.165, 1.54) is 12.4 Å². The number of benzene rings is 1. The molecule has 1 fully saturated rings. The van der Waals surface area contributed by atoms with Gasteiger partial charge in [0.05, 0.1) is 11.6 Å². The monoisotopic (exact) mass is 408 g/mol. The number of anilines is 1. The van der Waals surface area contributed by atoms with E-state index in [1.54, 1.807) is 7.11 Å². The molecule has 0 N–H and O–H groups in total. The van der Waals surface area contributed by atoms with E-state index in [-0.39, 0.29) is 5.82 Å². The molecule has 0 saturated carbocycles. The second-order valence-corrected chi connectivity index (χ2v) is 7.16. The van der Waals surface area contributed by atoms with Crippen molar-refractivity contribution in [3.05, 3.63) is 46.4 Å². The van der Waals surface area contributed by atoms with Crippen LogP contribution in [-0.4, -0.2) is 48.2 Å². The van der Waals surface area contributed by atoms with Gasteiger partial charge in [-0.3, -0.25) is 4.90 Å². The van der Waals surface area contributed by atoms with Gasteiger partial charge in [0, 0.05) is 32.2 Å². The molecule has 1 saturated heterocycles. The van der Waals surface area contributed by atoms with Gasteiger partial charge in [-0.1, -0.05) is 6.07 Å². The molecule has 0 radical (unpaired) electrons. The standard InChI is InChI=1S/C18H22BrFN4O/c1-23(17-9-18(25-2)22-12-21-17)14-4-3-7-24(11-14)10-13-5-6-16(20)15(19)8-13/h5-6,8-9,12,14H,3-4,7,10-11H2,1-2H3. The van der Waals surface area contributed by atoms with Gasteiger partial charge in [0.15, 0.2) is 0 Å². The Morgan fingerprint density at radius 2 is 2.20 bits per heavy atom. The van der Waals surface area contributed by atoms with E-state index < -0.39 is 0 Å². The van der Waals surface area contributed by atoms with Crippen LogP contribution in [0.5, 0.6) is 5.88 Å². The molecule has 2 aromatic rings. The van der Waals surface area contributed by atoms with Crippen LogP contribution in [0.3, 0.4) is 0 Å². The minimum absolute atomic E-state index is 0.224. The molecule has 1 aliphatic heterocycles. The average molecular weight is 409 g/mol. The molecular weight excluding hydrogens is 387 g/mol. The van der Waals surface area contributed by atoms with Gasteiger partial charge >= 0.3 is 0 Å². The molecule has 0 bridgehead atoms. The number of rotatable bonds is 5. The molecule has 1 unspecified atom stereocenters. The predicted octanol–water partition coefficient (Wildman–Crippen LogP) is 3.49. The smallest absolute Gasteiger partial charge is 0.218 e. The third-order valence-electron chi connectivity index (χ3n) is 4.62. The number of piperidine rings is 1. The lowest BCUT2D eigenvalue weighted by Gasteiger charge is -2.38. The summed E-state index contributed by atoms with van der Waals surface area (Å²) in [5, 5.41) is 0. The summed E-state index contributed by atoms with van der Waals surface area (Å²) in [5.41, 5.74) is 1.11. The largest absolute Gasteiger partial charge is 0.481 e. The van der Waals surface area contributed by atoms with Crippen molar-refractivity contribution in [3.8, 4) is 5.88 Å². The van der Waals surface area contributed by atoms with Crippen molar-refractivity contribution < 1.29 is 9.13 Å². The zero-order valence-corrected chi connectivity index (χ0v) is 16.0. The van der Waals surface area contributed by atoms with Crippen molar-refractivity contribution in [1.29, 1.82) is 0 Å². The highest BCUT2D eigenvalue weighted by Gasteiger charge is 2.24. The number of ether oxygens (including phenoxy) is 1. The van der Waals surface area contributed by atoms with E-state index in [2.05, 4.69) is 42.7 Å². The summed E-state index contributed by atoms with van der Waals surface area (Å²) in [6.07, 6.45) is 3.77. The fourth-order valence-corrected chi connectivity index (χ4v) is 3.63. The van der Waals surface area contributed by atoms with Crippen molar-refractivity contribution in [2.75, 3.05) is 32.1 Å². The molecule has 1 aromatic heterocycles. The van der Waals surface area contributed by atoms with Crippen LogP contribution < -0.4 is 9.64 Å². The van der Waals surface area contributed by atoms with Crippen molar-refractivity contribution >= 4 is 21.7 Å². The molecule has 1 aliphatic rings. The van der Waals surface area contributed by atoms with E-state index in [0.717, 1.165) is 43.9 Å². The molecule has 0 amide bonds. The molecule has 0 spiro atoms. The second-order valence-electron chi connectivity index (χ2n) is 6.31. The predicted molar refractivity (Wildman–Crippen MR) is 99.4 cm³/mol. The minimum atomic E-state index is -0.224. The van der Waals surface area contributed by atoms with E-state index in [9.17, 15) is 4.39 Å². The van der Waals surface area contributed by atoms with Crippen LogP contribution in [0.1, 0.15) is 18.4 Å². The van der Waals surface area contributed by atoms with Gasteiger partial charge in [0.25, 0.3) is 0 Å². The SMILES string of the molecule is COc1cc(N(C)C2CCCN(Cc3ccc(F)c(Br)c3)C2)ncn1. The lowest BCUT2D eigenvalue weighted by Crippen LogP contribution is -2.46. The minimum Gasteiger partial charge on any atom is -0.481 e. The van der Waals surface area contributed by atoms with Crippen LogP contribution in [0.4, 0.5) is 10.2 Å². The lowest BCUT2D eigenvalue weighted by molar-refractivity contribution is 0.198. The van der Waals surface area contributed by atoms with Crippen molar-refractivity contribution in [2.24, 2.45) is 0 Å². The van der Waals surface area contributed by atoms with E-state index in [1.807, 2.05) is 18.2 Å². The zero-order valence-electron chi connectivity index (χ0n) is 14.5.